The molecule has 29 heavy (non-hydrogen) atoms. The quantitative estimate of drug-likeness (QED) is 0.456. The van der Waals surface area contributed by atoms with E-state index in [4.69, 9.17) is 20.2 Å². The van der Waals surface area contributed by atoms with E-state index in [1.807, 2.05) is 48.5 Å². The van der Waals surface area contributed by atoms with Crippen LogP contribution >= 0.6 is 15.9 Å². The number of fused-ring (bicyclic) bond motifs is 2. The van der Waals surface area contributed by atoms with Crippen LogP contribution in [-0.2, 0) is 9.47 Å². The highest BCUT2D eigenvalue weighted by atomic mass is 79.9. The lowest BCUT2D eigenvalue weighted by molar-refractivity contribution is 0.0123. The molecule has 0 saturated carbocycles. The number of para-hydroxylation sites is 2. The lowest BCUT2D eigenvalue weighted by atomic mass is 10.2. The first-order valence-corrected chi connectivity index (χ1v) is 9.81. The Morgan fingerprint density at radius 3 is 2.45 bits per heavy atom. The monoisotopic (exact) mass is 454 g/mol. The van der Waals surface area contributed by atoms with Gasteiger partial charge in [0.2, 0.25) is 0 Å². The SMILES string of the molecule is COC[C@@H](C)OC(=O)c1c(N)n(-c2ccc(Br)cc2)c2nc3ccccc3nc12. The number of ether oxygens (including phenoxy) is 2. The largest absolute Gasteiger partial charge is 0.456 e. The first-order valence-electron chi connectivity index (χ1n) is 9.02. The smallest absolute Gasteiger partial charge is 0.344 e. The maximum absolute atomic E-state index is 13.0. The van der Waals surface area contributed by atoms with Crippen LogP contribution in [0.3, 0.4) is 0 Å². The van der Waals surface area contributed by atoms with Gasteiger partial charge in [-0.2, -0.15) is 0 Å². The van der Waals surface area contributed by atoms with E-state index in [9.17, 15) is 4.79 Å². The van der Waals surface area contributed by atoms with E-state index in [-0.39, 0.29) is 18.0 Å². The van der Waals surface area contributed by atoms with Crippen molar-refractivity contribution in [1.82, 2.24) is 14.5 Å². The van der Waals surface area contributed by atoms with Gasteiger partial charge in [0.25, 0.3) is 0 Å². The Kier molecular flexibility index (Phi) is 5.21. The average molecular weight is 455 g/mol. The summed E-state index contributed by atoms with van der Waals surface area (Å²) in [4.78, 5) is 22.4. The molecule has 0 radical (unpaired) electrons. The number of esters is 1. The molecular formula is C21H19BrN4O3. The fourth-order valence-corrected chi connectivity index (χ4v) is 3.49. The molecule has 0 fully saturated rings. The van der Waals surface area contributed by atoms with Crippen LogP contribution in [0, 0.1) is 0 Å². The number of nitrogens with zero attached hydrogens (tertiary/aromatic N) is 3. The number of benzene rings is 2. The first kappa shape index (κ1) is 19.4. The Morgan fingerprint density at radius 2 is 1.79 bits per heavy atom. The normalized spacial score (nSPS) is 12.4. The van der Waals surface area contributed by atoms with Crippen LogP contribution in [0.4, 0.5) is 5.82 Å². The number of hydrogen-bond donors (Lipinski definition) is 1. The molecule has 2 aromatic carbocycles. The van der Waals surface area contributed by atoms with Crippen molar-refractivity contribution < 1.29 is 14.3 Å². The third-order valence-corrected chi connectivity index (χ3v) is 5.03. The second-order valence-electron chi connectivity index (χ2n) is 6.63. The van der Waals surface area contributed by atoms with Crippen LogP contribution in [0.5, 0.6) is 0 Å². The molecule has 148 valence electrons. The van der Waals surface area contributed by atoms with E-state index in [1.165, 1.54) is 0 Å². The molecule has 4 aromatic rings. The van der Waals surface area contributed by atoms with E-state index in [0.717, 1.165) is 10.2 Å². The summed E-state index contributed by atoms with van der Waals surface area (Å²) in [5.74, 6) is -0.329. The number of carbonyl (C=O) groups is 1. The number of anilines is 1. The highest BCUT2D eigenvalue weighted by Gasteiger charge is 2.27. The second kappa shape index (κ2) is 7.81. The molecule has 1 atom stereocenters. The van der Waals surface area contributed by atoms with Crippen LogP contribution in [0.1, 0.15) is 17.3 Å². The lowest BCUT2D eigenvalue weighted by Gasteiger charge is -2.12. The van der Waals surface area contributed by atoms with E-state index < -0.39 is 12.1 Å². The molecule has 2 heterocycles. The predicted molar refractivity (Wildman–Crippen MR) is 115 cm³/mol. The third kappa shape index (κ3) is 3.56. The van der Waals surface area contributed by atoms with Gasteiger partial charge >= 0.3 is 5.97 Å². The van der Waals surface area contributed by atoms with Crippen LogP contribution in [-0.4, -0.2) is 40.3 Å². The predicted octanol–water partition coefficient (Wildman–Crippen LogP) is 4.11. The lowest BCUT2D eigenvalue weighted by Crippen LogP contribution is -2.20. The van der Waals surface area contributed by atoms with Crippen molar-refractivity contribution in [2.24, 2.45) is 0 Å². The van der Waals surface area contributed by atoms with E-state index in [0.29, 0.717) is 22.2 Å². The third-order valence-electron chi connectivity index (χ3n) is 4.50. The Balaban J connectivity index is 1.96. The van der Waals surface area contributed by atoms with E-state index in [1.54, 1.807) is 18.6 Å². The standard InChI is InChI=1S/C21H19BrN4O3/c1-12(11-28-2)29-21(27)17-18-20(25-16-6-4-3-5-15(16)24-18)26(19(17)23)14-9-7-13(22)8-10-14/h3-10,12H,11,23H2,1-2H3/t12-/m1/s1. The van der Waals surface area contributed by atoms with Crippen LogP contribution in [0.25, 0.3) is 27.9 Å². The van der Waals surface area contributed by atoms with Crippen molar-refractivity contribution in [2.45, 2.75) is 13.0 Å². The topological polar surface area (TPSA) is 92.3 Å². The molecule has 2 N–H and O–H groups in total. The highest BCUT2D eigenvalue weighted by Crippen LogP contribution is 2.32. The summed E-state index contributed by atoms with van der Waals surface area (Å²) in [6.07, 6.45) is -0.425. The van der Waals surface area contributed by atoms with Crippen molar-refractivity contribution in [3.63, 3.8) is 0 Å². The van der Waals surface area contributed by atoms with Crippen molar-refractivity contribution in [1.29, 1.82) is 0 Å². The van der Waals surface area contributed by atoms with Gasteiger partial charge in [0, 0.05) is 17.3 Å². The van der Waals surface area contributed by atoms with Gasteiger partial charge < -0.3 is 15.2 Å². The van der Waals surface area contributed by atoms with Gasteiger partial charge in [-0.05, 0) is 43.3 Å². The molecule has 0 bridgehead atoms. The molecule has 0 aliphatic rings. The minimum absolute atomic E-state index is 0.198. The summed E-state index contributed by atoms with van der Waals surface area (Å²) in [6, 6.07) is 15.0. The summed E-state index contributed by atoms with van der Waals surface area (Å²) in [6.45, 7) is 2.04. The number of aromatic nitrogens is 3. The Bertz CT molecular complexity index is 1200. The van der Waals surface area contributed by atoms with Crippen molar-refractivity contribution in [3.05, 3.63) is 58.6 Å². The van der Waals surface area contributed by atoms with Gasteiger partial charge in [-0.1, -0.05) is 28.1 Å². The molecule has 2 aromatic heterocycles. The molecule has 0 amide bonds. The van der Waals surface area contributed by atoms with Crippen molar-refractivity contribution >= 4 is 49.9 Å². The molecular weight excluding hydrogens is 436 g/mol. The summed E-state index contributed by atoms with van der Waals surface area (Å²) < 4.78 is 13.2. The minimum Gasteiger partial charge on any atom is -0.456 e. The zero-order chi connectivity index (χ0) is 20.5. The molecule has 8 heteroatoms. The summed E-state index contributed by atoms with van der Waals surface area (Å²) in [5.41, 5.74) is 9.69. The molecule has 0 saturated heterocycles. The maximum Gasteiger partial charge on any atom is 0.344 e. The van der Waals surface area contributed by atoms with Crippen LogP contribution in [0.15, 0.2) is 53.0 Å². The van der Waals surface area contributed by atoms with Gasteiger partial charge in [0.05, 0.1) is 17.6 Å². The van der Waals surface area contributed by atoms with Crippen molar-refractivity contribution in [2.75, 3.05) is 19.5 Å². The number of nitrogens with two attached hydrogens (primary N) is 1. The number of hydrogen-bond acceptors (Lipinski definition) is 6. The number of methoxy groups -OCH3 is 1. The van der Waals surface area contributed by atoms with Gasteiger partial charge in [-0.25, -0.2) is 14.8 Å². The van der Waals surface area contributed by atoms with Gasteiger partial charge in [0.15, 0.2) is 5.65 Å². The number of nitrogen functional groups attached to an aromatic ring is 1. The summed E-state index contributed by atoms with van der Waals surface area (Å²) in [7, 11) is 1.55. The Morgan fingerprint density at radius 1 is 1.14 bits per heavy atom. The van der Waals surface area contributed by atoms with Gasteiger partial charge in [0.1, 0.15) is 23.0 Å². The van der Waals surface area contributed by atoms with Gasteiger partial charge in [-0.15, -0.1) is 0 Å². The minimum atomic E-state index is -0.558. The zero-order valence-electron chi connectivity index (χ0n) is 15.9. The molecule has 0 aliphatic heterocycles. The molecule has 0 aliphatic carbocycles. The van der Waals surface area contributed by atoms with Crippen LogP contribution in [0.2, 0.25) is 0 Å². The zero-order valence-corrected chi connectivity index (χ0v) is 17.5. The second-order valence-corrected chi connectivity index (χ2v) is 7.54. The fraction of sp³-hybridized carbons (Fsp3) is 0.190. The number of rotatable bonds is 5. The Hall–Kier alpha value is -2.97. The average Bonchev–Trinajstić information content (AvgIpc) is 2.98. The van der Waals surface area contributed by atoms with Gasteiger partial charge in [-0.3, -0.25) is 4.57 Å². The first-order chi connectivity index (χ1) is 14.0. The fourth-order valence-electron chi connectivity index (χ4n) is 3.22. The molecule has 0 spiro atoms. The number of halogens is 1. The molecule has 4 rings (SSSR count). The van der Waals surface area contributed by atoms with Crippen LogP contribution < -0.4 is 5.73 Å². The number of carbonyl (C=O) groups excluding carboxylic acids is 1. The molecule has 0 unspecified atom stereocenters. The molecule has 7 nitrogen and oxygen atoms in total. The van der Waals surface area contributed by atoms with E-state index in [2.05, 4.69) is 20.9 Å². The highest BCUT2D eigenvalue weighted by molar-refractivity contribution is 9.10. The van der Waals surface area contributed by atoms with E-state index >= 15 is 0 Å². The van der Waals surface area contributed by atoms with Crippen molar-refractivity contribution in [3.8, 4) is 5.69 Å². The Labute approximate surface area is 175 Å². The summed E-state index contributed by atoms with van der Waals surface area (Å²) >= 11 is 3.43. The summed E-state index contributed by atoms with van der Waals surface area (Å²) in [5, 5.41) is 0. The maximum atomic E-state index is 13.0.